The number of hydrogen-bond donors (Lipinski definition) is 2. The van der Waals surface area contributed by atoms with Gasteiger partial charge in [-0.2, -0.15) is 47.0 Å². The van der Waals surface area contributed by atoms with Crippen LogP contribution in [-0.2, 0) is 9.59 Å². The molecule has 0 heterocycles. The quantitative estimate of drug-likeness (QED) is 0.245. The van der Waals surface area contributed by atoms with Gasteiger partial charge < -0.3 is 11.5 Å². The first-order valence-corrected chi connectivity index (χ1v) is 16.0. The second-order valence-corrected chi connectivity index (χ2v) is 10.7. The largest absolute Gasteiger partial charge is 0.327 e. The highest BCUT2D eigenvalue weighted by Gasteiger charge is 2.07. The SMILES string of the molecule is C.C.C.C.CCC(CC)SC.CCC(N)CSC.CCC(SC)C(C)=O.CSCC(N)C(C)=O. The van der Waals surface area contributed by atoms with Crippen molar-refractivity contribution in [2.24, 2.45) is 11.5 Å². The molecule has 3 atom stereocenters. The van der Waals surface area contributed by atoms with Crippen molar-refractivity contribution in [1.29, 1.82) is 0 Å². The van der Waals surface area contributed by atoms with E-state index in [0.717, 1.165) is 29.6 Å². The van der Waals surface area contributed by atoms with Crippen LogP contribution < -0.4 is 11.5 Å². The molecule has 0 radical (unpaired) electrons. The van der Waals surface area contributed by atoms with E-state index >= 15 is 0 Å². The fourth-order valence-corrected chi connectivity index (χ4v) is 4.46. The summed E-state index contributed by atoms with van der Waals surface area (Å²) >= 11 is 7.00. The monoisotopic (exact) mass is 566 g/mol. The fourth-order valence-electron chi connectivity index (χ4n) is 1.87. The second kappa shape index (κ2) is 43.7. The molecule has 0 saturated carbocycles. The van der Waals surface area contributed by atoms with Crippen molar-refractivity contribution < 1.29 is 9.59 Å². The molecule has 0 saturated heterocycles. The summed E-state index contributed by atoms with van der Waals surface area (Å²) in [6.45, 7) is 11.8. The minimum absolute atomic E-state index is 0. The van der Waals surface area contributed by atoms with Crippen LogP contribution in [0.2, 0.25) is 0 Å². The predicted octanol–water partition coefficient (Wildman–Crippen LogP) is 8.15. The van der Waals surface area contributed by atoms with Gasteiger partial charge >= 0.3 is 0 Å². The molecule has 0 aromatic rings. The van der Waals surface area contributed by atoms with Crippen LogP contribution in [0.5, 0.6) is 0 Å². The average Bonchev–Trinajstić information content (AvgIpc) is 2.71. The summed E-state index contributed by atoms with van der Waals surface area (Å²) in [6.07, 6.45) is 12.8. The number of carbonyl (C=O) groups is 2. The highest BCUT2D eigenvalue weighted by Crippen LogP contribution is 2.12. The molecule has 0 bridgehead atoms. The zero-order chi connectivity index (χ0) is 24.5. The highest BCUT2D eigenvalue weighted by molar-refractivity contribution is 8.00. The van der Waals surface area contributed by atoms with Gasteiger partial charge in [-0.05, 0) is 64.6 Å². The third kappa shape index (κ3) is 46.1. The number of thioether (sulfide) groups is 4. The van der Waals surface area contributed by atoms with E-state index in [1.807, 2.05) is 43.0 Å². The maximum atomic E-state index is 10.6. The molecule has 0 spiro atoms. The van der Waals surface area contributed by atoms with Crippen LogP contribution in [0, 0.1) is 0 Å². The zero-order valence-electron chi connectivity index (χ0n) is 21.2. The lowest BCUT2D eigenvalue weighted by atomic mass is 10.2. The van der Waals surface area contributed by atoms with Crippen LogP contribution in [0.3, 0.4) is 0 Å². The fraction of sp³-hybridized carbons (Fsp3) is 0.923. The Balaban J connectivity index is -0.0000000426. The van der Waals surface area contributed by atoms with Gasteiger partial charge in [0.05, 0.1) is 11.3 Å². The number of Topliss-reactive ketones (excluding diaryl/α,β-unsaturated/α-hetero) is 2. The van der Waals surface area contributed by atoms with Gasteiger partial charge in [-0.25, -0.2) is 0 Å². The van der Waals surface area contributed by atoms with Crippen LogP contribution in [0.15, 0.2) is 0 Å². The predicted molar refractivity (Wildman–Crippen MR) is 177 cm³/mol. The smallest absolute Gasteiger partial charge is 0.147 e. The van der Waals surface area contributed by atoms with Crippen molar-refractivity contribution in [3.63, 3.8) is 0 Å². The molecule has 3 unspecified atom stereocenters. The number of carbonyl (C=O) groups excluding carboxylic acids is 2. The van der Waals surface area contributed by atoms with E-state index in [2.05, 4.69) is 33.3 Å². The van der Waals surface area contributed by atoms with E-state index in [4.69, 9.17) is 11.5 Å². The summed E-state index contributed by atoms with van der Waals surface area (Å²) < 4.78 is 0. The summed E-state index contributed by atoms with van der Waals surface area (Å²) in [5.41, 5.74) is 10.9. The maximum Gasteiger partial charge on any atom is 0.147 e. The topological polar surface area (TPSA) is 86.2 Å². The normalized spacial score (nSPS) is 11.3. The first-order valence-electron chi connectivity index (χ1n) is 10.6. The van der Waals surface area contributed by atoms with Gasteiger partial charge in [0.1, 0.15) is 11.6 Å². The van der Waals surface area contributed by atoms with Crippen LogP contribution in [-0.4, -0.2) is 70.7 Å². The Bertz CT molecular complexity index is 363. The zero-order valence-corrected chi connectivity index (χ0v) is 24.4. The van der Waals surface area contributed by atoms with Crippen LogP contribution in [0.1, 0.15) is 96.9 Å². The van der Waals surface area contributed by atoms with E-state index in [-0.39, 0.29) is 46.8 Å². The van der Waals surface area contributed by atoms with Crippen LogP contribution >= 0.6 is 47.0 Å². The summed E-state index contributed by atoms with van der Waals surface area (Å²) in [5.74, 6) is 2.19. The molecule has 4 N–H and O–H groups in total. The molecule has 0 aromatic heterocycles. The van der Waals surface area contributed by atoms with E-state index < -0.39 is 0 Å². The van der Waals surface area contributed by atoms with E-state index in [1.54, 1.807) is 30.4 Å². The number of nitrogens with two attached hydrogens (primary N) is 2. The first-order chi connectivity index (χ1) is 14.1. The Kier molecular flexibility index (Phi) is 71.0. The van der Waals surface area contributed by atoms with Gasteiger partial charge in [0.25, 0.3) is 0 Å². The number of hydrogen-bond acceptors (Lipinski definition) is 8. The first kappa shape index (κ1) is 55.3. The molecule has 0 aromatic carbocycles. The molecule has 34 heavy (non-hydrogen) atoms. The molecule has 0 fully saturated rings. The lowest BCUT2D eigenvalue weighted by Gasteiger charge is -2.05. The Morgan fingerprint density at radius 2 is 1.06 bits per heavy atom. The van der Waals surface area contributed by atoms with Crippen LogP contribution in [0.4, 0.5) is 0 Å². The van der Waals surface area contributed by atoms with E-state index in [0.29, 0.717) is 11.8 Å². The maximum absolute atomic E-state index is 10.6. The third-order valence-corrected chi connectivity index (χ3v) is 8.15. The average molecular weight is 567 g/mol. The van der Waals surface area contributed by atoms with Crippen molar-refractivity contribution in [3.05, 3.63) is 0 Å². The minimum Gasteiger partial charge on any atom is -0.327 e. The van der Waals surface area contributed by atoms with Gasteiger partial charge in [0.15, 0.2) is 0 Å². The molecule has 0 aliphatic rings. The van der Waals surface area contributed by atoms with Gasteiger partial charge in [-0.3, -0.25) is 9.59 Å². The van der Waals surface area contributed by atoms with Crippen molar-refractivity contribution in [1.82, 2.24) is 0 Å². The Morgan fingerprint density at radius 3 is 1.12 bits per heavy atom. The molecular weight excluding hydrogens is 501 g/mol. The van der Waals surface area contributed by atoms with Gasteiger partial charge in [-0.15, -0.1) is 0 Å². The van der Waals surface area contributed by atoms with E-state index in [1.165, 1.54) is 19.8 Å². The molecule has 0 rings (SSSR count). The Hall–Kier alpha value is 0.660. The molecule has 8 heteroatoms. The van der Waals surface area contributed by atoms with Crippen molar-refractivity contribution >= 4 is 58.6 Å². The standard InChI is InChI=1S/C6H12OS.C6H14S.C5H11NOS.C5H13NS.4CH4/c1-4-6(8-3)5(2)7;1-4-6(5-2)7-3;1-4(7)5(6)3-8-2;1-3-5(6)4-7-2;;;;/h6H,4H2,1-3H3;6H,4-5H2,1-3H3;5H,3,6H2,1-2H3;5H,3-4,6H2,1-2H3;4*1H4. The van der Waals surface area contributed by atoms with Gasteiger partial charge in [0.2, 0.25) is 0 Å². The molecule has 0 amide bonds. The highest BCUT2D eigenvalue weighted by atomic mass is 32.2. The molecule has 216 valence electrons. The third-order valence-electron chi connectivity index (χ3n) is 4.13. The Labute approximate surface area is 234 Å². The summed E-state index contributed by atoms with van der Waals surface area (Å²) in [5, 5.41) is 1.13. The van der Waals surface area contributed by atoms with Gasteiger partial charge in [-0.1, -0.05) is 57.4 Å². The summed E-state index contributed by atoms with van der Waals surface area (Å²) in [7, 11) is 0. The Morgan fingerprint density at radius 1 is 0.647 bits per heavy atom. The molecule has 0 aliphatic heterocycles. The molecule has 4 nitrogen and oxygen atoms in total. The lowest BCUT2D eigenvalue weighted by molar-refractivity contribution is -0.118. The van der Waals surface area contributed by atoms with Crippen molar-refractivity contribution in [2.75, 3.05) is 36.5 Å². The minimum atomic E-state index is -0.259. The van der Waals surface area contributed by atoms with Crippen LogP contribution in [0.25, 0.3) is 0 Å². The molecular formula is C26H66N2O2S4. The number of ketones is 2. The molecule has 0 aliphatic carbocycles. The van der Waals surface area contributed by atoms with Crippen molar-refractivity contribution in [2.45, 2.75) is 120 Å². The summed E-state index contributed by atoms with van der Waals surface area (Å²) in [4.78, 5) is 21.0. The lowest BCUT2D eigenvalue weighted by Crippen LogP contribution is -2.30. The van der Waals surface area contributed by atoms with Gasteiger partial charge in [0, 0.05) is 22.8 Å². The van der Waals surface area contributed by atoms with Crippen molar-refractivity contribution in [3.8, 4) is 0 Å². The summed E-state index contributed by atoms with van der Waals surface area (Å²) in [6, 6.07) is 0.153. The van der Waals surface area contributed by atoms with E-state index in [9.17, 15) is 9.59 Å². The second-order valence-electron chi connectivity index (χ2n) is 6.71. The number of rotatable bonds is 12.